The topological polar surface area (TPSA) is 278 Å². The van der Waals surface area contributed by atoms with Crippen LogP contribution in [0.15, 0.2) is 66.4 Å². The van der Waals surface area contributed by atoms with Gasteiger partial charge in [-0.3, -0.25) is 29.0 Å². The number of carboxylic acids is 1. The Morgan fingerprint density at radius 1 is 0.811 bits per heavy atom. The van der Waals surface area contributed by atoms with E-state index in [4.69, 9.17) is 20.9 Å². The number of aromatic nitrogens is 1. The summed E-state index contributed by atoms with van der Waals surface area (Å²) < 4.78 is 13.3. The van der Waals surface area contributed by atoms with E-state index in [1.807, 2.05) is 69.8 Å². The number of para-hydroxylation sites is 1. The van der Waals surface area contributed by atoms with E-state index in [9.17, 15) is 38.7 Å². The minimum Gasteiger partial charge on any atom is -0.478 e. The molecule has 408 valence electrons. The van der Waals surface area contributed by atoms with Gasteiger partial charge in [0, 0.05) is 61.5 Å². The van der Waals surface area contributed by atoms with Crippen LogP contribution in [-0.2, 0) is 52.5 Å². The van der Waals surface area contributed by atoms with Crippen molar-refractivity contribution in [3.8, 4) is 0 Å². The highest BCUT2D eigenvalue weighted by Gasteiger charge is 2.47. The number of fused-ring (bicyclic) bond motifs is 1. The van der Waals surface area contributed by atoms with Crippen LogP contribution in [0.4, 0.5) is 20.1 Å². The minimum atomic E-state index is -1.28. The van der Waals surface area contributed by atoms with Crippen molar-refractivity contribution < 1.29 is 52.9 Å². The molecule has 0 unspecified atom stereocenters. The number of nitrogens with two attached hydrogens (primary N) is 2. The van der Waals surface area contributed by atoms with Crippen LogP contribution in [0.5, 0.6) is 0 Å². The molecule has 1 heterocycles. The number of likely N-dealkylation sites (N-methyl/N-ethyl adjacent to an activating group) is 2. The smallest absolute Gasteiger partial charge is 0.410 e. The largest absolute Gasteiger partial charge is 0.478 e. The van der Waals surface area contributed by atoms with Crippen LogP contribution in [0, 0.1) is 17.3 Å². The van der Waals surface area contributed by atoms with Gasteiger partial charge in [-0.05, 0) is 87.1 Å². The van der Waals surface area contributed by atoms with Crippen LogP contribution in [0.2, 0.25) is 0 Å². The van der Waals surface area contributed by atoms with Crippen LogP contribution >= 0.6 is 0 Å². The molecule has 1 aromatic heterocycles. The molecular weight excluding hydrogens is 951 g/mol. The zero-order valence-electron chi connectivity index (χ0n) is 46.1. The summed E-state index contributed by atoms with van der Waals surface area (Å²) >= 11 is 0. The molecular formula is C54H81N9O11. The molecule has 20 nitrogen and oxygen atoms in total. The number of urea groups is 1. The third-order valence-electron chi connectivity index (χ3n) is 12.8. The van der Waals surface area contributed by atoms with E-state index >= 15 is 4.79 Å². The lowest BCUT2D eigenvalue weighted by molar-refractivity contribution is -0.141. The maximum atomic E-state index is 15.1. The zero-order chi connectivity index (χ0) is 56.4. The molecule has 0 saturated carbocycles. The second-order valence-electron chi connectivity index (χ2n) is 22.2. The second-order valence-corrected chi connectivity index (χ2v) is 22.2. The average molecular weight is 1030 g/mol. The number of amides is 8. The van der Waals surface area contributed by atoms with Gasteiger partial charge in [-0.15, -0.1) is 0 Å². The number of anilines is 1. The molecule has 3 rings (SSSR count). The fourth-order valence-corrected chi connectivity index (χ4v) is 8.86. The SMILES string of the molecule is C/C(=C\[C@H](C(C)C)N(C)C(=O)[C@@H](NC(=O)[C@@H](N(C)C(=O)OCc1ccc(N(C(=O)[C@@H](NC(=O)OC(C)(C)C)C(C)C)[C@@H](CCCNC(N)=O)C(N)=O)cc1)C(C)(C)c1cn(C)c2ccccc12)C(C)(C)C)C(=O)O. The molecule has 2 aromatic carbocycles. The molecule has 0 fully saturated rings. The lowest BCUT2D eigenvalue weighted by atomic mass is 9.76. The number of benzene rings is 2. The highest BCUT2D eigenvalue weighted by Crippen LogP contribution is 2.37. The van der Waals surface area contributed by atoms with Crippen molar-refractivity contribution in [3.63, 3.8) is 0 Å². The Balaban J connectivity index is 2.08. The predicted octanol–water partition coefficient (Wildman–Crippen LogP) is 6.32. The van der Waals surface area contributed by atoms with Crippen molar-refractivity contribution in [2.24, 2.45) is 35.8 Å². The van der Waals surface area contributed by atoms with Gasteiger partial charge in [0.1, 0.15) is 36.4 Å². The Labute approximate surface area is 435 Å². The van der Waals surface area contributed by atoms with E-state index in [0.29, 0.717) is 5.56 Å². The maximum absolute atomic E-state index is 15.1. The summed E-state index contributed by atoms with van der Waals surface area (Å²) in [5.41, 5.74) is 10.7. The van der Waals surface area contributed by atoms with Gasteiger partial charge in [-0.1, -0.05) is 98.7 Å². The number of carboxylic acid groups (broad SMARTS) is 1. The molecule has 0 aliphatic heterocycles. The Kier molecular flexibility index (Phi) is 20.8. The molecule has 0 bridgehead atoms. The standard InChI is InChI=1S/C54H81N9O11/c1-31(2)40(28-33(5)48(68)69)61(15)47(67)42(52(6,7)8)59-45(65)43(54(12,13)37-29-60(14)38-21-18-17-20-36(37)38)62(16)51(72)73-30-34-23-25-35(26-24-34)63(39(44(55)64)22-19-27-57-49(56)70)46(66)41(32(3)4)58-50(71)74-53(9,10)11/h17-18,20-21,23-26,28-29,31-32,39-43H,19,22,27,30H2,1-16H3,(H2,55,64)(H,58,71)(H,59,65)(H,68,69)(H3,56,57,70)/b33-28+/t39-,40+,41-,42+,43+/m0/s1. The number of primary amides is 2. The molecule has 0 aliphatic rings. The fourth-order valence-electron chi connectivity index (χ4n) is 8.86. The van der Waals surface area contributed by atoms with Crippen LogP contribution in [0.3, 0.4) is 0 Å². The van der Waals surface area contributed by atoms with Crippen molar-refractivity contribution >= 4 is 64.4 Å². The molecule has 3 aromatic rings. The number of rotatable bonds is 22. The second kappa shape index (κ2) is 25.2. The molecule has 5 atom stereocenters. The van der Waals surface area contributed by atoms with Crippen molar-refractivity contribution in [1.29, 1.82) is 0 Å². The third-order valence-corrected chi connectivity index (χ3v) is 12.8. The normalized spacial score (nSPS) is 14.3. The number of carbonyl (C=O) groups excluding carboxylic acids is 7. The quantitative estimate of drug-likeness (QED) is 0.0478. The van der Waals surface area contributed by atoms with Gasteiger partial charge in [-0.25, -0.2) is 19.2 Å². The van der Waals surface area contributed by atoms with Crippen LogP contribution in [0.1, 0.15) is 114 Å². The first-order valence-corrected chi connectivity index (χ1v) is 24.8. The predicted molar refractivity (Wildman–Crippen MR) is 284 cm³/mol. The Morgan fingerprint density at radius 3 is 1.92 bits per heavy atom. The molecule has 0 saturated heterocycles. The van der Waals surface area contributed by atoms with Crippen molar-refractivity contribution in [2.75, 3.05) is 25.5 Å². The summed E-state index contributed by atoms with van der Waals surface area (Å²) in [6.07, 6.45) is 1.92. The number of aliphatic carboxylic acids is 1. The third kappa shape index (κ3) is 15.9. The summed E-state index contributed by atoms with van der Waals surface area (Å²) in [5, 5.41) is 18.6. The number of carbonyl (C=O) groups is 8. The summed E-state index contributed by atoms with van der Waals surface area (Å²) in [5.74, 6) is -4.41. The molecule has 20 heteroatoms. The number of nitrogens with one attached hydrogen (secondary N) is 3. The Hall–Kier alpha value is -7.12. The molecule has 8 N–H and O–H groups in total. The van der Waals surface area contributed by atoms with Gasteiger partial charge >= 0.3 is 24.2 Å². The van der Waals surface area contributed by atoms with Crippen molar-refractivity contribution in [1.82, 2.24) is 30.3 Å². The summed E-state index contributed by atoms with van der Waals surface area (Å²) in [7, 11) is 4.90. The highest BCUT2D eigenvalue weighted by atomic mass is 16.6. The monoisotopic (exact) mass is 1030 g/mol. The van der Waals surface area contributed by atoms with E-state index < -0.39 is 100 Å². The van der Waals surface area contributed by atoms with E-state index in [1.54, 1.807) is 74.6 Å². The highest BCUT2D eigenvalue weighted by molar-refractivity contribution is 6.04. The maximum Gasteiger partial charge on any atom is 0.410 e. The zero-order valence-corrected chi connectivity index (χ0v) is 46.1. The summed E-state index contributed by atoms with van der Waals surface area (Å²) in [4.78, 5) is 112. The van der Waals surface area contributed by atoms with Crippen LogP contribution < -0.4 is 32.3 Å². The number of aryl methyl sites for hydroxylation is 1. The first-order valence-electron chi connectivity index (χ1n) is 24.8. The number of ether oxygens (including phenoxy) is 2. The molecule has 0 aliphatic carbocycles. The number of hydrogen-bond donors (Lipinski definition) is 6. The van der Waals surface area contributed by atoms with Gasteiger partial charge < -0.3 is 51.5 Å². The van der Waals surface area contributed by atoms with Gasteiger partial charge in [0.25, 0.3) is 5.91 Å². The van der Waals surface area contributed by atoms with Gasteiger partial charge in [0.15, 0.2) is 0 Å². The number of hydrogen-bond acceptors (Lipinski definition) is 10. The fraction of sp³-hybridized carbons (Fsp3) is 0.556. The van der Waals surface area contributed by atoms with Gasteiger partial charge in [0.2, 0.25) is 17.7 Å². The van der Waals surface area contributed by atoms with Crippen LogP contribution in [-0.4, -0.2) is 124 Å². The number of alkyl carbamates (subject to hydrolysis) is 1. The first-order chi connectivity index (χ1) is 34.1. The van der Waals surface area contributed by atoms with Gasteiger partial charge in [0.05, 0.1) is 6.04 Å². The van der Waals surface area contributed by atoms with E-state index in [-0.39, 0.29) is 43.2 Å². The lowest BCUT2D eigenvalue weighted by Crippen LogP contribution is -2.63. The number of nitrogens with zero attached hydrogens (tertiary/aromatic N) is 4. The van der Waals surface area contributed by atoms with E-state index in [2.05, 4.69) is 16.0 Å². The lowest BCUT2D eigenvalue weighted by Gasteiger charge is -2.42. The van der Waals surface area contributed by atoms with E-state index in [1.165, 1.54) is 46.9 Å². The first kappa shape index (κ1) is 61.2. The Morgan fingerprint density at radius 2 is 1.41 bits per heavy atom. The molecule has 0 radical (unpaired) electrons. The average Bonchev–Trinajstić information content (AvgIpc) is 3.64. The molecule has 8 amide bonds. The van der Waals surface area contributed by atoms with Crippen molar-refractivity contribution in [2.45, 2.75) is 151 Å². The van der Waals surface area contributed by atoms with E-state index in [0.717, 1.165) is 16.5 Å². The van der Waals surface area contributed by atoms with Crippen molar-refractivity contribution in [3.05, 3.63) is 77.5 Å². The molecule has 74 heavy (non-hydrogen) atoms. The summed E-state index contributed by atoms with van der Waals surface area (Å²) in [6, 6.07) is 7.67. The van der Waals surface area contributed by atoms with Gasteiger partial charge in [-0.2, -0.15) is 0 Å². The molecule has 0 spiro atoms. The minimum absolute atomic E-state index is 0.0117. The Bertz CT molecular complexity index is 2540. The summed E-state index contributed by atoms with van der Waals surface area (Å²) in [6.45, 7) is 22.5. The van der Waals surface area contributed by atoms with Crippen LogP contribution in [0.25, 0.3) is 10.9 Å².